The molecule has 0 aromatic rings. The summed E-state index contributed by atoms with van der Waals surface area (Å²) >= 11 is 0. The zero-order valence-corrected chi connectivity index (χ0v) is 14.5. The SMILES string of the molecule is CC(C)C(CNC(=O)CC1(O)CCCC1)N1CCN(C)CC1. The van der Waals surface area contributed by atoms with Crippen LogP contribution in [0.15, 0.2) is 0 Å². The first-order chi connectivity index (χ1) is 10.4. The monoisotopic (exact) mass is 311 g/mol. The van der Waals surface area contributed by atoms with Crippen LogP contribution in [0.25, 0.3) is 0 Å². The van der Waals surface area contributed by atoms with Gasteiger partial charge in [-0.3, -0.25) is 9.69 Å². The van der Waals surface area contributed by atoms with Gasteiger partial charge in [-0.1, -0.05) is 26.7 Å². The van der Waals surface area contributed by atoms with E-state index in [1.54, 1.807) is 0 Å². The Balaban J connectivity index is 1.80. The van der Waals surface area contributed by atoms with Crippen molar-refractivity contribution in [1.29, 1.82) is 0 Å². The van der Waals surface area contributed by atoms with Crippen LogP contribution in [0.1, 0.15) is 46.0 Å². The molecule has 2 fully saturated rings. The summed E-state index contributed by atoms with van der Waals surface area (Å²) in [5.74, 6) is 0.516. The second-order valence-corrected chi connectivity index (χ2v) is 7.56. The molecule has 0 bridgehead atoms. The number of carbonyl (C=O) groups is 1. The minimum atomic E-state index is -0.745. The van der Waals surface area contributed by atoms with Crippen molar-refractivity contribution < 1.29 is 9.90 Å². The first-order valence-electron chi connectivity index (χ1n) is 8.81. The highest BCUT2D eigenvalue weighted by atomic mass is 16.3. The van der Waals surface area contributed by atoms with Gasteiger partial charge in [-0.15, -0.1) is 0 Å². The van der Waals surface area contributed by atoms with E-state index in [9.17, 15) is 9.90 Å². The Bertz CT molecular complexity index is 359. The Kier molecular flexibility index (Phi) is 6.24. The molecular formula is C17H33N3O2. The molecule has 5 nitrogen and oxygen atoms in total. The first kappa shape index (κ1) is 17.7. The zero-order valence-electron chi connectivity index (χ0n) is 14.5. The molecule has 1 unspecified atom stereocenters. The summed E-state index contributed by atoms with van der Waals surface area (Å²) in [6.45, 7) is 9.46. The fraction of sp³-hybridized carbons (Fsp3) is 0.941. The number of hydrogen-bond donors (Lipinski definition) is 2. The molecule has 22 heavy (non-hydrogen) atoms. The molecule has 0 spiro atoms. The van der Waals surface area contributed by atoms with Crippen LogP contribution in [0.4, 0.5) is 0 Å². The molecule has 0 radical (unpaired) electrons. The number of likely N-dealkylation sites (N-methyl/N-ethyl adjacent to an activating group) is 1. The number of hydrogen-bond acceptors (Lipinski definition) is 4. The van der Waals surface area contributed by atoms with Crippen LogP contribution < -0.4 is 5.32 Å². The fourth-order valence-electron chi connectivity index (χ4n) is 3.73. The van der Waals surface area contributed by atoms with Gasteiger partial charge in [0.1, 0.15) is 0 Å². The highest BCUT2D eigenvalue weighted by Crippen LogP contribution is 2.32. The molecule has 1 atom stereocenters. The maximum absolute atomic E-state index is 12.2. The Labute approximate surface area is 135 Å². The van der Waals surface area contributed by atoms with Gasteiger partial charge < -0.3 is 15.3 Å². The van der Waals surface area contributed by atoms with Gasteiger partial charge in [0.2, 0.25) is 5.91 Å². The van der Waals surface area contributed by atoms with Crippen molar-refractivity contribution in [3.8, 4) is 0 Å². The molecule has 0 aromatic carbocycles. The minimum absolute atomic E-state index is 0.00387. The molecule has 2 rings (SSSR count). The van der Waals surface area contributed by atoms with E-state index in [0.717, 1.165) is 51.9 Å². The number of amides is 1. The van der Waals surface area contributed by atoms with Gasteiger partial charge in [0.25, 0.3) is 0 Å². The van der Waals surface area contributed by atoms with Crippen LogP contribution in [0.5, 0.6) is 0 Å². The lowest BCUT2D eigenvalue weighted by atomic mass is 9.97. The van der Waals surface area contributed by atoms with Crippen molar-refractivity contribution >= 4 is 5.91 Å². The molecule has 1 saturated heterocycles. The van der Waals surface area contributed by atoms with E-state index in [4.69, 9.17) is 0 Å². The average Bonchev–Trinajstić information content (AvgIpc) is 2.87. The number of nitrogens with zero attached hydrogens (tertiary/aromatic N) is 2. The molecule has 1 aliphatic carbocycles. The van der Waals surface area contributed by atoms with E-state index in [1.165, 1.54) is 0 Å². The van der Waals surface area contributed by atoms with Crippen LogP contribution in [0, 0.1) is 5.92 Å². The lowest BCUT2D eigenvalue weighted by Crippen LogP contribution is -2.54. The standard InChI is InChI=1S/C17H33N3O2/c1-14(2)15(20-10-8-19(3)9-11-20)13-18-16(21)12-17(22)6-4-5-7-17/h14-15,22H,4-13H2,1-3H3,(H,18,21). The second-order valence-electron chi connectivity index (χ2n) is 7.56. The molecule has 128 valence electrons. The Morgan fingerprint density at radius 1 is 1.18 bits per heavy atom. The fourth-order valence-corrected chi connectivity index (χ4v) is 3.73. The summed E-state index contributed by atoms with van der Waals surface area (Å²) < 4.78 is 0. The third-order valence-electron chi connectivity index (χ3n) is 5.31. The van der Waals surface area contributed by atoms with Crippen LogP contribution in [-0.2, 0) is 4.79 Å². The Morgan fingerprint density at radius 2 is 1.77 bits per heavy atom. The average molecular weight is 311 g/mol. The number of piperazine rings is 1. The summed E-state index contributed by atoms with van der Waals surface area (Å²) in [7, 11) is 2.16. The van der Waals surface area contributed by atoms with Crippen molar-refractivity contribution in [2.75, 3.05) is 39.8 Å². The molecule has 2 aliphatic rings. The van der Waals surface area contributed by atoms with E-state index in [1.807, 2.05) is 0 Å². The smallest absolute Gasteiger partial charge is 0.222 e. The summed E-state index contributed by atoms with van der Waals surface area (Å²) in [5.41, 5.74) is -0.745. The molecule has 0 aromatic heterocycles. The number of aliphatic hydroxyl groups is 1. The Morgan fingerprint density at radius 3 is 2.32 bits per heavy atom. The van der Waals surface area contributed by atoms with Gasteiger partial charge in [0.05, 0.1) is 12.0 Å². The number of nitrogens with one attached hydrogen (secondary N) is 1. The maximum atomic E-state index is 12.2. The molecule has 1 saturated carbocycles. The third kappa shape index (κ3) is 4.93. The number of carbonyl (C=O) groups excluding carboxylic acids is 1. The largest absolute Gasteiger partial charge is 0.389 e. The van der Waals surface area contributed by atoms with Crippen LogP contribution in [0.3, 0.4) is 0 Å². The van der Waals surface area contributed by atoms with E-state index >= 15 is 0 Å². The van der Waals surface area contributed by atoms with Crippen LogP contribution >= 0.6 is 0 Å². The zero-order chi connectivity index (χ0) is 16.2. The highest BCUT2D eigenvalue weighted by molar-refractivity contribution is 5.77. The van der Waals surface area contributed by atoms with Crippen molar-refractivity contribution in [2.45, 2.75) is 57.6 Å². The molecule has 5 heteroatoms. The van der Waals surface area contributed by atoms with Crippen LogP contribution in [0.2, 0.25) is 0 Å². The van der Waals surface area contributed by atoms with E-state index in [2.05, 4.69) is 36.0 Å². The van der Waals surface area contributed by atoms with E-state index in [0.29, 0.717) is 18.5 Å². The van der Waals surface area contributed by atoms with Gasteiger partial charge in [0, 0.05) is 38.8 Å². The molecule has 1 amide bonds. The second kappa shape index (κ2) is 7.75. The minimum Gasteiger partial charge on any atom is -0.389 e. The summed E-state index contributed by atoms with van der Waals surface area (Å²) in [6, 6.07) is 0.385. The molecule has 1 aliphatic heterocycles. The van der Waals surface area contributed by atoms with Crippen molar-refractivity contribution in [2.24, 2.45) is 5.92 Å². The summed E-state index contributed by atoms with van der Waals surface area (Å²) in [6.07, 6.45) is 3.89. The third-order valence-corrected chi connectivity index (χ3v) is 5.31. The molecular weight excluding hydrogens is 278 g/mol. The lowest BCUT2D eigenvalue weighted by molar-refractivity contribution is -0.126. The Hall–Kier alpha value is -0.650. The van der Waals surface area contributed by atoms with E-state index in [-0.39, 0.29) is 12.3 Å². The van der Waals surface area contributed by atoms with Gasteiger partial charge in [-0.25, -0.2) is 0 Å². The van der Waals surface area contributed by atoms with Crippen molar-refractivity contribution in [3.63, 3.8) is 0 Å². The maximum Gasteiger partial charge on any atom is 0.222 e. The summed E-state index contributed by atoms with van der Waals surface area (Å²) in [5, 5.41) is 13.4. The van der Waals surface area contributed by atoms with Gasteiger partial charge in [-0.05, 0) is 25.8 Å². The first-order valence-corrected chi connectivity index (χ1v) is 8.81. The lowest BCUT2D eigenvalue weighted by Gasteiger charge is -2.40. The van der Waals surface area contributed by atoms with Crippen LogP contribution in [-0.4, -0.2) is 72.2 Å². The van der Waals surface area contributed by atoms with Gasteiger partial charge >= 0.3 is 0 Å². The predicted octanol–water partition coefficient (Wildman–Crippen LogP) is 1.07. The highest BCUT2D eigenvalue weighted by Gasteiger charge is 2.34. The van der Waals surface area contributed by atoms with Crippen molar-refractivity contribution in [3.05, 3.63) is 0 Å². The summed E-state index contributed by atoms with van der Waals surface area (Å²) in [4.78, 5) is 17.0. The normalized spacial score (nSPS) is 24.6. The topological polar surface area (TPSA) is 55.8 Å². The van der Waals surface area contributed by atoms with E-state index < -0.39 is 5.60 Å². The predicted molar refractivity (Wildman–Crippen MR) is 88.7 cm³/mol. The van der Waals surface area contributed by atoms with Crippen molar-refractivity contribution in [1.82, 2.24) is 15.1 Å². The van der Waals surface area contributed by atoms with Gasteiger partial charge in [-0.2, -0.15) is 0 Å². The quantitative estimate of drug-likeness (QED) is 0.770. The number of rotatable bonds is 6. The molecule has 1 heterocycles. The molecule has 2 N–H and O–H groups in total. The van der Waals surface area contributed by atoms with Gasteiger partial charge in [0.15, 0.2) is 0 Å².